The van der Waals surface area contributed by atoms with Gasteiger partial charge in [0, 0.05) is 13.1 Å². The lowest BCUT2D eigenvalue weighted by Gasteiger charge is -2.08. The number of rotatable bonds is 3. The molecule has 96 valence electrons. The maximum Gasteiger partial charge on any atom is 0.165 e. The van der Waals surface area contributed by atoms with E-state index in [1.54, 1.807) is 11.7 Å². The van der Waals surface area contributed by atoms with Crippen LogP contribution in [0.25, 0.3) is 0 Å². The Morgan fingerprint density at radius 3 is 2.72 bits per heavy atom. The van der Waals surface area contributed by atoms with E-state index in [9.17, 15) is 8.78 Å². The van der Waals surface area contributed by atoms with Crippen LogP contribution in [-0.4, -0.2) is 9.78 Å². The van der Waals surface area contributed by atoms with E-state index in [-0.39, 0.29) is 12.4 Å². The van der Waals surface area contributed by atoms with Crippen molar-refractivity contribution in [2.75, 3.05) is 0 Å². The van der Waals surface area contributed by atoms with E-state index in [0.29, 0.717) is 0 Å². The Bertz CT molecular complexity index is 584. The second kappa shape index (κ2) is 5.06. The maximum absolute atomic E-state index is 13.4. The quantitative estimate of drug-likeness (QED) is 0.868. The number of halogens is 3. The van der Waals surface area contributed by atoms with Gasteiger partial charge in [0.05, 0.1) is 15.9 Å². The van der Waals surface area contributed by atoms with E-state index in [4.69, 9.17) is 4.74 Å². The van der Waals surface area contributed by atoms with Gasteiger partial charge in [0.2, 0.25) is 0 Å². The Morgan fingerprint density at radius 1 is 1.39 bits per heavy atom. The van der Waals surface area contributed by atoms with Gasteiger partial charge in [0.25, 0.3) is 0 Å². The number of aromatic nitrogens is 2. The fraction of sp³-hybridized carbons (Fsp3) is 0.250. The molecule has 1 aromatic carbocycles. The van der Waals surface area contributed by atoms with Gasteiger partial charge in [-0.25, -0.2) is 8.78 Å². The van der Waals surface area contributed by atoms with Crippen LogP contribution in [0.2, 0.25) is 0 Å². The highest BCUT2D eigenvalue weighted by atomic mass is 79.9. The molecule has 1 aromatic heterocycles. The lowest BCUT2D eigenvalue weighted by Crippen LogP contribution is -2.04. The summed E-state index contributed by atoms with van der Waals surface area (Å²) >= 11 is 3.38. The number of benzene rings is 1. The first-order valence-electron chi connectivity index (χ1n) is 5.25. The second-order valence-corrected chi connectivity index (χ2v) is 4.63. The van der Waals surface area contributed by atoms with Crippen LogP contribution >= 0.6 is 15.9 Å². The summed E-state index contributed by atoms with van der Waals surface area (Å²) in [6.45, 7) is 1.95. The molecule has 0 atom stereocenters. The van der Waals surface area contributed by atoms with Crippen LogP contribution in [0.15, 0.2) is 22.7 Å². The molecule has 0 aliphatic rings. The topological polar surface area (TPSA) is 27.1 Å². The summed E-state index contributed by atoms with van der Waals surface area (Å²) in [7, 11) is 1.76. The Hall–Kier alpha value is -1.43. The predicted octanol–water partition coefficient (Wildman–Crippen LogP) is 3.35. The van der Waals surface area contributed by atoms with Gasteiger partial charge in [-0.3, -0.25) is 4.68 Å². The molecule has 2 rings (SSSR count). The van der Waals surface area contributed by atoms with Crippen molar-refractivity contribution in [2.24, 2.45) is 7.05 Å². The van der Waals surface area contributed by atoms with E-state index in [1.807, 2.05) is 6.92 Å². The highest BCUT2D eigenvalue weighted by Crippen LogP contribution is 2.23. The third-order valence-electron chi connectivity index (χ3n) is 2.52. The fourth-order valence-electron chi connectivity index (χ4n) is 1.57. The first-order chi connectivity index (χ1) is 8.49. The summed E-state index contributed by atoms with van der Waals surface area (Å²) < 4.78 is 34.0. The Morgan fingerprint density at radius 2 is 2.11 bits per heavy atom. The van der Waals surface area contributed by atoms with Crippen LogP contribution < -0.4 is 4.74 Å². The molecule has 1 heterocycles. The number of hydrogen-bond acceptors (Lipinski definition) is 2. The average molecular weight is 317 g/mol. The summed E-state index contributed by atoms with van der Waals surface area (Å²) in [6, 6.07) is 3.10. The molecule has 0 spiro atoms. The van der Waals surface area contributed by atoms with Crippen molar-refractivity contribution < 1.29 is 13.5 Å². The summed E-state index contributed by atoms with van der Waals surface area (Å²) in [6.07, 6.45) is 0. The minimum atomic E-state index is -0.591. The number of aryl methyl sites for hydroxylation is 2. The van der Waals surface area contributed by atoms with Crippen LogP contribution in [-0.2, 0) is 13.7 Å². The minimum Gasteiger partial charge on any atom is -0.484 e. The fourth-order valence-corrected chi connectivity index (χ4v) is 2.02. The van der Waals surface area contributed by atoms with Gasteiger partial charge >= 0.3 is 0 Å². The molecule has 18 heavy (non-hydrogen) atoms. The van der Waals surface area contributed by atoms with Crippen molar-refractivity contribution in [1.29, 1.82) is 0 Å². The molecular weight excluding hydrogens is 306 g/mol. The molecule has 0 N–H and O–H groups in total. The smallest absolute Gasteiger partial charge is 0.165 e. The molecule has 0 bridgehead atoms. The number of hydrogen-bond donors (Lipinski definition) is 0. The van der Waals surface area contributed by atoms with Gasteiger partial charge in [0.1, 0.15) is 12.4 Å². The maximum atomic E-state index is 13.4. The largest absolute Gasteiger partial charge is 0.484 e. The Balaban J connectivity index is 2.19. The molecule has 0 fully saturated rings. The molecule has 0 amide bonds. The van der Waals surface area contributed by atoms with Gasteiger partial charge in [-0.1, -0.05) is 0 Å². The van der Waals surface area contributed by atoms with Crippen LogP contribution in [0.4, 0.5) is 8.78 Å². The summed E-state index contributed by atoms with van der Waals surface area (Å²) in [4.78, 5) is 0. The van der Waals surface area contributed by atoms with Crippen molar-refractivity contribution in [1.82, 2.24) is 9.78 Å². The third-order valence-corrected chi connectivity index (χ3v) is 3.55. The zero-order valence-corrected chi connectivity index (χ0v) is 11.5. The molecular formula is C12H11BrF2N2O. The van der Waals surface area contributed by atoms with Gasteiger partial charge in [-0.15, -0.1) is 0 Å². The van der Waals surface area contributed by atoms with Gasteiger partial charge in [-0.2, -0.15) is 5.10 Å². The molecule has 2 aromatic rings. The van der Waals surface area contributed by atoms with E-state index < -0.39 is 11.6 Å². The van der Waals surface area contributed by atoms with Crippen LogP contribution in [0.1, 0.15) is 11.4 Å². The molecule has 0 aliphatic carbocycles. The van der Waals surface area contributed by atoms with Crippen LogP contribution in [0.3, 0.4) is 0 Å². The Kier molecular flexibility index (Phi) is 3.65. The highest BCUT2D eigenvalue weighted by molar-refractivity contribution is 9.10. The molecule has 0 aliphatic heterocycles. The van der Waals surface area contributed by atoms with Crippen molar-refractivity contribution in [2.45, 2.75) is 13.5 Å². The summed E-state index contributed by atoms with van der Waals surface area (Å²) in [5.41, 5.74) is 1.58. The average Bonchev–Trinajstić information content (AvgIpc) is 2.55. The lowest BCUT2D eigenvalue weighted by atomic mass is 10.3. The SMILES string of the molecule is Cc1nn(C)c(COc2cc(F)ccc2F)c1Br. The van der Waals surface area contributed by atoms with Crippen LogP contribution in [0.5, 0.6) is 5.75 Å². The monoisotopic (exact) mass is 316 g/mol. The first kappa shape index (κ1) is 13.0. The van der Waals surface area contributed by atoms with Crippen molar-refractivity contribution in [3.63, 3.8) is 0 Å². The normalized spacial score (nSPS) is 10.7. The molecule has 0 saturated carbocycles. The molecule has 6 heteroatoms. The zero-order chi connectivity index (χ0) is 13.3. The van der Waals surface area contributed by atoms with Crippen molar-refractivity contribution in [3.05, 3.63) is 45.7 Å². The minimum absolute atomic E-state index is 0.109. The van der Waals surface area contributed by atoms with Gasteiger partial charge in [-0.05, 0) is 35.0 Å². The van der Waals surface area contributed by atoms with Gasteiger partial charge < -0.3 is 4.74 Å². The summed E-state index contributed by atoms with van der Waals surface area (Å²) in [5.74, 6) is -1.24. The second-order valence-electron chi connectivity index (χ2n) is 3.83. The molecule has 0 saturated heterocycles. The summed E-state index contributed by atoms with van der Waals surface area (Å²) in [5, 5.41) is 4.18. The van der Waals surface area contributed by atoms with Crippen molar-refractivity contribution in [3.8, 4) is 5.75 Å². The Labute approximate surface area is 112 Å². The number of nitrogens with zero attached hydrogens (tertiary/aromatic N) is 2. The third kappa shape index (κ3) is 2.53. The van der Waals surface area contributed by atoms with E-state index in [0.717, 1.165) is 34.1 Å². The standard InChI is InChI=1S/C12H11BrF2N2O/c1-7-12(13)10(17(2)16-7)6-18-11-5-8(14)3-4-9(11)15/h3-5H,6H2,1-2H3. The van der Waals surface area contributed by atoms with Crippen molar-refractivity contribution >= 4 is 15.9 Å². The number of ether oxygens (including phenoxy) is 1. The predicted molar refractivity (Wildman–Crippen MR) is 66.3 cm³/mol. The molecule has 0 unspecified atom stereocenters. The van der Waals surface area contributed by atoms with E-state index in [1.165, 1.54) is 0 Å². The molecule has 0 radical (unpaired) electrons. The van der Waals surface area contributed by atoms with Crippen LogP contribution in [0, 0.1) is 18.6 Å². The first-order valence-corrected chi connectivity index (χ1v) is 6.04. The highest BCUT2D eigenvalue weighted by Gasteiger charge is 2.12. The van der Waals surface area contributed by atoms with E-state index >= 15 is 0 Å². The molecule has 3 nitrogen and oxygen atoms in total. The lowest BCUT2D eigenvalue weighted by molar-refractivity contribution is 0.278. The van der Waals surface area contributed by atoms with Gasteiger partial charge in [0.15, 0.2) is 11.6 Å². The zero-order valence-electron chi connectivity index (χ0n) is 9.88. The van der Waals surface area contributed by atoms with E-state index in [2.05, 4.69) is 21.0 Å².